The van der Waals surface area contributed by atoms with Gasteiger partial charge in [-0.3, -0.25) is 0 Å². The minimum Gasteiger partial charge on any atom is -0.376 e. The Morgan fingerprint density at radius 3 is 2.94 bits per heavy atom. The van der Waals surface area contributed by atoms with Crippen molar-refractivity contribution in [1.82, 2.24) is 5.32 Å². The summed E-state index contributed by atoms with van der Waals surface area (Å²) in [6.07, 6.45) is 6.71. The summed E-state index contributed by atoms with van der Waals surface area (Å²) >= 11 is 0. The molecule has 2 nitrogen and oxygen atoms in total. The zero-order valence-corrected chi connectivity index (χ0v) is 9.56. The van der Waals surface area contributed by atoms with E-state index < -0.39 is 0 Å². The third kappa shape index (κ3) is 3.80. The van der Waals surface area contributed by atoms with E-state index in [1.165, 1.54) is 18.4 Å². The van der Waals surface area contributed by atoms with Gasteiger partial charge in [-0.1, -0.05) is 42.5 Å². The van der Waals surface area contributed by atoms with Crippen LogP contribution in [0, 0.1) is 0 Å². The fraction of sp³-hybridized carbons (Fsp3) is 0.429. The molecule has 86 valence electrons. The molecule has 16 heavy (non-hydrogen) atoms. The Bertz CT molecular complexity index is 315. The van der Waals surface area contributed by atoms with Crippen molar-refractivity contribution >= 4 is 6.08 Å². The Labute approximate surface area is 97.3 Å². The molecule has 1 fully saturated rings. The molecule has 1 aliphatic rings. The number of rotatable bonds is 5. The highest BCUT2D eigenvalue weighted by Gasteiger charge is 2.12. The van der Waals surface area contributed by atoms with Crippen LogP contribution in [0.15, 0.2) is 36.4 Å². The predicted molar refractivity (Wildman–Crippen MR) is 67.3 cm³/mol. The quantitative estimate of drug-likeness (QED) is 0.765. The lowest BCUT2D eigenvalue weighted by Crippen LogP contribution is -2.26. The van der Waals surface area contributed by atoms with E-state index in [1.807, 2.05) is 18.2 Å². The molecule has 1 atom stereocenters. The Hall–Kier alpha value is -1.12. The highest BCUT2D eigenvalue weighted by Crippen LogP contribution is 2.05. The molecule has 0 unspecified atom stereocenters. The van der Waals surface area contributed by atoms with E-state index in [0.717, 1.165) is 13.2 Å². The minimum atomic E-state index is 0.574. The van der Waals surface area contributed by atoms with Crippen molar-refractivity contribution in [3.63, 3.8) is 0 Å². The second-order valence-electron chi connectivity index (χ2n) is 4.14. The number of ether oxygens (including phenoxy) is 1. The maximum atomic E-state index is 5.59. The molecule has 1 aliphatic heterocycles. The van der Waals surface area contributed by atoms with Gasteiger partial charge in [0.15, 0.2) is 0 Å². The maximum Gasteiger partial charge on any atom is 0.0651 e. The van der Waals surface area contributed by atoms with Crippen molar-refractivity contribution in [2.24, 2.45) is 0 Å². The molecule has 0 radical (unpaired) electrons. The summed E-state index contributed by atoms with van der Waals surface area (Å²) in [4.78, 5) is 0. The third-order valence-electron chi connectivity index (χ3n) is 2.81. The largest absolute Gasteiger partial charge is 0.376 e. The Kier molecular flexibility index (Phi) is 4.59. The van der Waals surface area contributed by atoms with Gasteiger partial charge >= 0.3 is 0 Å². The van der Waals surface area contributed by atoms with Gasteiger partial charge in [0.1, 0.15) is 0 Å². The van der Waals surface area contributed by atoms with Crippen molar-refractivity contribution in [1.29, 1.82) is 0 Å². The second kappa shape index (κ2) is 6.46. The van der Waals surface area contributed by atoms with E-state index in [9.17, 15) is 0 Å². The van der Waals surface area contributed by atoms with Gasteiger partial charge in [-0.25, -0.2) is 0 Å². The van der Waals surface area contributed by atoms with Crippen molar-refractivity contribution in [3.8, 4) is 0 Å². The minimum absolute atomic E-state index is 0.574. The van der Waals surface area contributed by atoms with Gasteiger partial charge in [-0.05, 0) is 24.9 Å². The van der Waals surface area contributed by atoms with Crippen LogP contribution in [0.5, 0.6) is 0 Å². The van der Waals surface area contributed by atoms with E-state index in [2.05, 4.69) is 29.6 Å². The Morgan fingerprint density at radius 1 is 1.31 bits per heavy atom. The molecule has 1 heterocycles. The van der Waals surface area contributed by atoms with E-state index in [-0.39, 0.29) is 0 Å². The highest BCUT2D eigenvalue weighted by molar-refractivity contribution is 5.48. The fourth-order valence-electron chi connectivity index (χ4n) is 1.93. The summed E-state index contributed by atoms with van der Waals surface area (Å²) in [7, 11) is 0. The van der Waals surface area contributed by atoms with Crippen LogP contribution in [0.1, 0.15) is 18.4 Å². The van der Waals surface area contributed by atoms with Crippen LogP contribution in [0.3, 0.4) is 0 Å². The van der Waals surface area contributed by atoms with Crippen LogP contribution in [-0.2, 0) is 4.74 Å². The molecule has 1 aromatic rings. The van der Waals surface area contributed by atoms with Crippen LogP contribution in [0.2, 0.25) is 0 Å². The second-order valence-corrected chi connectivity index (χ2v) is 4.14. The summed E-state index contributed by atoms with van der Waals surface area (Å²) in [6, 6.07) is 10.9. The average Bonchev–Trinajstić information content (AvgIpc) is 2.83. The van der Waals surface area contributed by atoms with Crippen LogP contribution >= 0.6 is 0 Å². The topological polar surface area (TPSA) is 21.3 Å². The smallest absolute Gasteiger partial charge is 0.0651 e. The van der Waals surface area contributed by atoms with Gasteiger partial charge in [0.2, 0.25) is 0 Å². The zero-order valence-electron chi connectivity index (χ0n) is 9.56. The highest BCUT2D eigenvalue weighted by atomic mass is 16.5. The molecule has 1 aromatic carbocycles. The monoisotopic (exact) mass is 217 g/mol. The summed E-state index contributed by atoms with van der Waals surface area (Å²) in [5.74, 6) is 0. The van der Waals surface area contributed by atoms with Crippen LogP contribution in [-0.4, -0.2) is 25.8 Å². The number of hydrogen-bond acceptors (Lipinski definition) is 2. The maximum absolute atomic E-state index is 5.59. The molecule has 1 saturated heterocycles. The molecular weight excluding hydrogens is 198 g/mol. The van der Waals surface area contributed by atoms with Crippen LogP contribution in [0.4, 0.5) is 0 Å². The first-order valence-corrected chi connectivity index (χ1v) is 5.98. The standard InChI is InChI=1S/C14H19NO/c1-2-6-13(7-3-1)8-5-11-16-12-14-9-4-10-15-14/h1-3,5-8,14-15H,4,9-12H2/b8-5+/t14-/m0/s1. The third-order valence-corrected chi connectivity index (χ3v) is 2.81. The van der Waals surface area contributed by atoms with Crippen molar-refractivity contribution < 1.29 is 4.74 Å². The normalized spacial score (nSPS) is 20.6. The summed E-state index contributed by atoms with van der Waals surface area (Å²) < 4.78 is 5.59. The molecule has 0 bridgehead atoms. The van der Waals surface area contributed by atoms with E-state index in [4.69, 9.17) is 4.74 Å². The molecule has 0 aliphatic carbocycles. The van der Waals surface area contributed by atoms with E-state index in [1.54, 1.807) is 0 Å². The first-order chi connectivity index (χ1) is 7.95. The van der Waals surface area contributed by atoms with Gasteiger partial charge in [-0.15, -0.1) is 0 Å². The van der Waals surface area contributed by atoms with Gasteiger partial charge in [0, 0.05) is 6.04 Å². The predicted octanol–water partition coefficient (Wildman–Crippen LogP) is 2.47. The molecule has 0 spiro atoms. The fourth-order valence-corrected chi connectivity index (χ4v) is 1.93. The lowest BCUT2D eigenvalue weighted by atomic mass is 10.2. The van der Waals surface area contributed by atoms with Crippen LogP contribution in [0.25, 0.3) is 6.08 Å². The SMILES string of the molecule is C(=C\c1ccccc1)/COC[C@@H]1CCCN1. The van der Waals surface area contributed by atoms with Gasteiger partial charge in [0.25, 0.3) is 0 Å². The molecule has 0 aromatic heterocycles. The van der Waals surface area contributed by atoms with Gasteiger partial charge in [-0.2, -0.15) is 0 Å². The van der Waals surface area contributed by atoms with Crippen molar-refractivity contribution in [2.45, 2.75) is 18.9 Å². The number of hydrogen-bond donors (Lipinski definition) is 1. The molecule has 1 N–H and O–H groups in total. The molecule has 0 amide bonds. The van der Waals surface area contributed by atoms with Gasteiger partial charge in [0.05, 0.1) is 13.2 Å². The first-order valence-electron chi connectivity index (χ1n) is 5.98. The Morgan fingerprint density at radius 2 is 2.19 bits per heavy atom. The molecule has 2 rings (SSSR count). The summed E-state index contributed by atoms with van der Waals surface area (Å²) in [5.41, 5.74) is 1.23. The van der Waals surface area contributed by atoms with E-state index in [0.29, 0.717) is 12.6 Å². The van der Waals surface area contributed by atoms with Crippen molar-refractivity contribution in [3.05, 3.63) is 42.0 Å². The van der Waals surface area contributed by atoms with Gasteiger partial charge < -0.3 is 10.1 Å². The lowest BCUT2D eigenvalue weighted by Gasteiger charge is -2.08. The first kappa shape index (κ1) is 11.4. The van der Waals surface area contributed by atoms with Crippen LogP contribution < -0.4 is 5.32 Å². The number of benzene rings is 1. The van der Waals surface area contributed by atoms with Crippen molar-refractivity contribution in [2.75, 3.05) is 19.8 Å². The molecular formula is C14H19NO. The molecule has 0 saturated carbocycles. The van der Waals surface area contributed by atoms with E-state index >= 15 is 0 Å². The summed E-state index contributed by atoms with van der Waals surface area (Å²) in [6.45, 7) is 2.68. The average molecular weight is 217 g/mol. The summed E-state index contributed by atoms with van der Waals surface area (Å²) in [5, 5.41) is 3.42. The number of nitrogens with one attached hydrogen (secondary N) is 1. The Balaban J connectivity index is 1.62. The lowest BCUT2D eigenvalue weighted by molar-refractivity contribution is 0.142. The zero-order chi connectivity index (χ0) is 11.1. The molecule has 2 heteroatoms.